The summed E-state index contributed by atoms with van der Waals surface area (Å²) in [5.41, 5.74) is 10.3. The van der Waals surface area contributed by atoms with Gasteiger partial charge in [0.05, 0.1) is 5.92 Å². The molecule has 2 unspecified atom stereocenters. The quantitative estimate of drug-likeness (QED) is 0.176. The van der Waals surface area contributed by atoms with E-state index in [2.05, 4.69) is 158 Å². The molecule has 0 N–H and O–H groups in total. The predicted molar refractivity (Wildman–Crippen MR) is 235 cm³/mol. The van der Waals surface area contributed by atoms with E-state index in [1.165, 1.54) is 16.7 Å². The number of aromatic nitrogens is 3. The zero-order valence-electron chi connectivity index (χ0n) is 31.2. The van der Waals surface area contributed by atoms with Crippen molar-refractivity contribution in [1.82, 2.24) is 15.0 Å². The maximum absolute atomic E-state index is 6.78. The third-order valence-corrected chi connectivity index (χ3v) is 11.7. The van der Waals surface area contributed by atoms with Crippen LogP contribution in [-0.2, 0) is 0 Å². The maximum Gasteiger partial charge on any atom is 0.164 e. The third kappa shape index (κ3) is 5.14. The molecule has 12 rings (SSSR count). The molecule has 272 valence electrons. The first-order valence-corrected chi connectivity index (χ1v) is 19.7. The van der Waals surface area contributed by atoms with Crippen molar-refractivity contribution in [2.75, 3.05) is 0 Å². The van der Waals surface area contributed by atoms with Gasteiger partial charge >= 0.3 is 0 Å². The zero-order valence-corrected chi connectivity index (χ0v) is 31.2. The highest BCUT2D eigenvalue weighted by atomic mass is 16.5. The molecular formula is C53H33N3O2. The molecule has 5 nitrogen and oxygen atoms in total. The van der Waals surface area contributed by atoms with E-state index in [0.717, 1.165) is 77.1 Å². The van der Waals surface area contributed by atoms with E-state index in [-0.39, 0.29) is 12.0 Å². The van der Waals surface area contributed by atoms with E-state index in [0.29, 0.717) is 17.5 Å². The minimum atomic E-state index is -0.101. The average molecular weight is 744 g/mol. The summed E-state index contributed by atoms with van der Waals surface area (Å²) in [6.07, 6.45) is 6.48. The third-order valence-electron chi connectivity index (χ3n) is 11.7. The van der Waals surface area contributed by atoms with Crippen LogP contribution in [-0.4, -0.2) is 21.1 Å². The van der Waals surface area contributed by atoms with Crippen LogP contribution in [0.1, 0.15) is 17.0 Å². The summed E-state index contributed by atoms with van der Waals surface area (Å²) in [5.74, 6) is 2.82. The van der Waals surface area contributed by atoms with Crippen molar-refractivity contribution in [2.24, 2.45) is 0 Å². The number of furan rings is 1. The summed E-state index contributed by atoms with van der Waals surface area (Å²) in [6.45, 7) is 0. The molecular weight excluding hydrogens is 711 g/mol. The molecule has 0 bridgehead atoms. The second-order valence-electron chi connectivity index (χ2n) is 15.0. The van der Waals surface area contributed by atoms with Crippen molar-refractivity contribution in [3.63, 3.8) is 0 Å². The van der Waals surface area contributed by atoms with E-state index in [4.69, 9.17) is 24.1 Å². The number of allylic oxidation sites excluding steroid dienone is 2. The highest BCUT2D eigenvalue weighted by Gasteiger charge is 2.39. The van der Waals surface area contributed by atoms with E-state index >= 15 is 0 Å². The van der Waals surface area contributed by atoms with Crippen LogP contribution in [0.5, 0.6) is 5.75 Å². The van der Waals surface area contributed by atoms with Crippen LogP contribution in [0.4, 0.5) is 0 Å². The van der Waals surface area contributed by atoms with Gasteiger partial charge in [0, 0.05) is 38.6 Å². The first kappa shape index (κ1) is 32.6. The second-order valence-corrected chi connectivity index (χ2v) is 15.0. The summed E-state index contributed by atoms with van der Waals surface area (Å²) in [4.78, 5) is 15.8. The number of para-hydroxylation sites is 2. The van der Waals surface area contributed by atoms with E-state index in [1.807, 2.05) is 30.3 Å². The van der Waals surface area contributed by atoms with Gasteiger partial charge in [0.25, 0.3) is 0 Å². The molecule has 2 atom stereocenters. The Morgan fingerprint density at radius 2 is 1.12 bits per heavy atom. The van der Waals surface area contributed by atoms with Crippen LogP contribution < -0.4 is 4.74 Å². The molecule has 2 aliphatic rings. The van der Waals surface area contributed by atoms with Gasteiger partial charge in [-0.2, -0.15) is 0 Å². The first-order valence-electron chi connectivity index (χ1n) is 19.7. The number of ether oxygens (including phenoxy) is 1. The minimum Gasteiger partial charge on any atom is -0.484 e. The van der Waals surface area contributed by atoms with Crippen LogP contribution in [0, 0.1) is 0 Å². The molecule has 0 saturated carbocycles. The molecule has 58 heavy (non-hydrogen) atoms. The number of hydrogen-bond acceptors (Lipinski definition) is 5. The Labute approximate surface area is 334 Å². The van der Waals surface area contributed by atoms with Crippen molar-refractivity contribution in [2.45, 2.75) is 12.0 Å². The summed E-state index contributed by atoms with van der Waals surface area (Å²) in [6, 6.07) is 59.1. The Hall–Kier alpha value is -7.63. The lowest BCUT2D eigenvalue weighted by atomic mass is 9.79. The predicted octanol–water partition coefficient (Wildman–Crippen LogP) is 13.2. The second kappa shape index (κ2) is 13.0. The fourth-order valence-electron chi connectivity index (χ4n) is 9.06. The smallest absolute Gasteiger partial charge is 0.164 e. The van der Waals surface area contributed by atoms with Crippen molar-refractivity contribution >= 4 is 49.1 Å². The first-order chi connectivity index (χ1) is 28.7. The standard InChI is InChI=1S/C53H33N3O2/c1-2-14-33(15-3-1)36-20-10-22-43-48-40(21-11-26-47(48)58-50(36)43)39-29-30-41(38-18-7-6-17-37(38)39)52-54-51(35-28-27-32-13-4-5-16-34(32)31-35)55-53(56-52)44-23-12-25-46-49(44)42-19-8-9-24-45(42)57-46/h1-31,47-48H. The molecule has 8 aromatic carbocycles. The van der Waals surface area contributed by atoms with E-state index < -0.39 is 0 Å². The summed E-state index contributed by atoms with van der Waals surface area (Å²) in [7, 11) is 0. The van der Waals surface area contributed by atoms with Crippen LogP contribution in [0.25, 0.3) is 94.3 Å². The zero-order chi connectivity index (χ0) is 38.2. The summed E-state index contributed by atoms with van der Waals surface area (Å²) < 4.78 is 13.1. The Morgan fingerprint density at radius 1 is 0.448 bits per heavy atom. The largest absolute Gasteiger partial charge is 0.484 e. The van der Waals surface area contributed by atoms with Crippen molar-refractivity contribution in [1.29, 1.82) is 0 Å². The lowest BCUT2D eigenvalue weighted by Crippen LogP contribution is -2.19. The molecule has 1 aliphatic carbocycles. The number of hydrogen-bond donors (Lipinski definition) is 0. The maximum atomic E-state index is 6.78. The van der Waals surface area contributed by atoms with Crippen LogP contribution in [0.15, 0.2) is 193 Å². The molecule has 5 heteroatoms. The van der Waals surface area contributed by atoms with Gasteiger partial charge in [0.2, 0.25) is 0 Å². The molecule has 0 radical (unpaired) electrons. The molecule has 0 amide bonds. The molecule has 0 fully saturated rings. The van der Waals surface area contributed by atoms with Crippen molar-refractivity contribution in [3.8, 4) is 51.0 Å². The average Bonchev–Trinajstić information content (AvgIpc) is 3.88. The molecule has 2 aromatic heterocycles. The Balaban J connectivity index is 1.04. The molecule has 0 saturated heterocycles. The Bertz CT molecular complexity index is 3340. The van der Waals surface area contributed by atoms with Crippen molar-refractivity contribution < 1.29 is 9.15 Å². The van der Waals surface area contributed by atoms with Crippen LogP contribution in [0.2, 0.25) is 0 Å². The van der Waals surface area contributed by atoms with E-state index in [1.54, 1.807) is 0 Å². The lowest BCUT2D eigenvalue weighted by molar-refractivity contribution is 0.272. The fourth-order valence-corrected chi connectivity index (χ4v) is 9.06. The van der Waals surface area contributed by atoms with Crippen LogP contribution >= 0.6 is 0 Å². The van der Waals surface area contributed by atoms with Gasteiger partial charge in [-0.1, -0.05) is 158 Å². The van der Waals surface area contributed by atoms with Gasteiger partial charge in [-0.05, 0) is 68.6 Å². The van der Waals surface area contributed by atoms with Crippen LogP contribution in [0.3, 0.4) is 0 Å². The summed E-state index contributed by atoms with van der Waals surface area (Å²) in [5, 5.41) is 6.50. The monoisotopic (exact) mass is 743 g/mol. The highest BCUT2D eigenvalue weighted by molar-refractivity contribution is 6.12. The number of nitrogens with zero attached hydrogens (tertiary/aromatic N) is 3. The molecule has 10 aromatic rings. The van der Waals surface area contributed by atoms with Gasteiger partial charge in [-0.25, -0.2) is 15.0 Å². The topological polar surface area (TPSA) is 61.0 Å². The Kier molecular flexibility index (Phi) is 7.29. The number of benzene rings is 8. The normalized spacial score (nSPS) is 15.8. The molecule has 0 spiro atoms. The highest BCUT2D eigenvalue weighted by Crippen LogP contribution is 2.52. The SMILES string of the molecule is C1=CC2Oc3c(-c4ccccc4)cccc3C2C(c2ccc(-c3nc(-c4ccc5ccccc5c4)nc(-c4cccc5oc6ccccc6c45)n3)c3ccccc23)=C1. The number of rotatable bonds is 5. The number of fused-ring (bicyclic) bond motifs is 8. The fraction of sp³-hybridized carbons (Fsp3) is 0.0377. The molecule has 1 aliphatic heterocycles. The molecule has 3 heterocycles. The van der Waals surface area contributed by atoms with Crippen molar-refractivity contribution in [3.05, 3.63) is 199 Å². The Morgan fingerprint density at radius 3 is 2.00 bits per heavy atom. The van der Waals surface area contributed by atoms with Gasteiger partial charge in [-0.3, -0.25) is 0 Å². The van der Waals surface area contributed by atoms with Gasteiger partial charge in [0.1, 0.15) is 23.0 Å². The lowest BCUT2D eigenvalue weighted by Gasteiger charge is -2.24. The van der Waals surface area contributed by atoms with Gasteiger partial charge in [0.15, 0.2) is 17.5 Å². The van der Waals surface area contributed by atoms with Gasteiger partial charge < -0.3 is 9.15 Å². The van der Waals surface area contributed by atoms with Gasteiger partial charge in [-0.15, -0.1) is 0 Å². The van der Waals surface area contributed by atoms with E-state index in [9.17, 15) is 0 Å². The summed E-state index contributed by atoms with van der Waals surface area (Å²) >= 11 is 0. The minimum absolute atomic E-state index is 0.0477.